The molecule has 0 saturated heterocycles. The number of rotatable bonds is 5. The highest BCUT2D eigenvalue weighted by molar-refractivity contribution is 7.99. The monoisotopic (exact) mass is 302 g/mol. The number of nitrogens with one attached hydrogen (secondary N) is 1. The zero-order valence-electron chi connectivity index (χ0n) is 10.9. The van der Waals surface area contributed by atoms with Crippen LogP contribution in [-0.2, 0) is 0 Å². The molecule has 0 amide bonds. The second kappa shape index (κ2) is 6.63. The van der Waals surface area contributed by atoms with Gasteiger partial charge < -0.3 is 16.2 Å². The van der Waals surface area contributed by atoms with Crippen molar-refractivity contribution in [3.63, 3.8) is 0 Å². The zero-order valence-corrected chi connectivity index (χ0v) is 12.5. The summed E-state index contributed by atoms with van der Waals surface area (Å²) >= 11 is 7.58. The van der Waals surface area contributed by atoms with Crippen LogP contribution in [0.25, 0.3) is 0 Å². The molecule has 1 aliphatic rings. The highest BCUT2D eigenvalue weighted by atomic mass is 35.5. The first-order valence-corrected chi connectivity index (χ1v) is 7.88. The van der Waals surface area contributed by atoms with Gasteiger partial charge in [-0.15, -0.1) is 0 Å². The van der Waals surface area contributed by atoms with Crippen molar-refractivity contribution in [1.82, 2.24) is 9.97 Å². The fourth-order valence-electron chi connectivity index (χ4n) is 2.08. The lowest BCUT2D eigenvalue weighted by Gasteiger charge is -2.18. The Kier molecular flexibility index (Phi) is 5.13. The molecule has 2 rings (SSSR count). The maximum Gasteiger partial charge on any atom is 0.191 e. The van der Waals surface area contributed by atoms with E-state index in [-0.39, 0.29) is 17.3 Å². The van der Waals surface area contributed by atoms with Gasteiger partial charge in [-0.2, -0.15) is 0 Å². The topological polar surface area (TPSA) is 84.1 Å². The quantitative estimate of drug-likeness (QED) is 0.440. The molecule has 1 heterocycles. The Balaban J connectivity index is 2.15. The van der Waals surface area contributed by atoms with Crippen molar-refractivity contribution in [1.29, 1.82) is 0 Å². The van der Waals surface area contributed by atoms with Crippen LogP contribution in [0.15, 0.2) is 5.16 Å². The standard InChI is InChI=1S/C12H19ClN4OS/c1-2-6-19-12-16-10(13)9(14)11(17-12)15-7-4-3-5-8(7)18/h7-8,18H,2-6,14H2,1H3,(H,15,16,17)/t7-,8-/m1/s1. The van der Waals surface area contributed by atoms with Crippen molar-refractivity contribution in [2.75, 3.05) is 16.8 Å². The number of hydrogen-bond donors (Lipinski definition) is 3. The van der Waals surface area contributed by atoms with E-state index in [4.69, 9.17) is 17.3 Å². The summed E-state index contributed by atoms with van der Waals surface area (Å²) in [6.07, 6.45) is 3.43. The van der Waals surface area contributed by atoms with Gasteiger partial charge in [-0.25, -0.2) is 9.97 Å². The van der Waals surface area contributed by atoms with Gasteiger partial charge >= 0.3 is 0 Å². The molecule has 5 nitrogen and oxygen atoms in total. The number of thioether (sulfide) groups is 1. The van der Waals surface area contributed by atoms with E-state index in [0.29, 0.717) is 16.7 Å². The van der Waals surface area contributed by atoms with Crippen LogP contribution in [0.2, 0.25) is 5.15 Å². The first-order chi connectivity index (χ1) is 9.11. The summed E-state index contributed by atoms with van der Waals surface area (Å²) in [5, 5.41) is 13.9. The summed E-state index contributed by atoms with van der Waals surface area (Å²) < 4.78 is 0. The van der Waals surface area contributed by atoms with E-state index in [9.17, 15) is 5.11 Å². The van der Waals surface area contributed by atoms with Crippen LogP contribution in [0.4, 0.5) is 11.5 Å². The first-order valence-electron chi connectivity index (χ1n) is 6.52. The van der Waals surface area contributed by atoms with Gasteiger partial charge in [0, 0.05) is 5.75 Å². The van der Waals surface area contributed by atoms with Crippen molar-refractivity contribution in [2.24, 2.45) is 0 Å². The molecule has 0 aliphatic heterocycles. The Morgan fingerprint density at radius 3 is 2.89 bits per heavy atom. The van der Waals surface area contributed by atoms with Crippen LogP contribution in [0.3, 0.4) is 0 Å². The Hall–Kier alpha value is -0.720. The Labute approximate surface area is 122 Å². The van der Waals surface area contributed by atoms with E-state index >= 15 is 0 Å². The largest absolute Gasteiger partial charge is 0.393 e. The van der Waals surface area contributed by atoms with Crippen molar-refractivity contribution in [3.05, 3.63) is 5.15 Å². The maximum atomic E-state index is 9.84. The molecule has 2 atom stereocenters. The lowest BCUT2D eigenvalue weighted by atomic mass is 10.2. The van der Waals surface area contributed by atoms with E-state index in [0.717, 1.165) is 31.4 Å². The molecule has 1 saturated carbocycles. The number of hydrogen-bond acceptors (Lipinski definition) is 6. The van der Waals surface area contributed by atoms with E-state index in [2.05, 4.69) is 22.2 Å². The second-order valence-electron chi connectivity index (χ2n) is 4.66. The molecule has 19 heavy (non-hydrogen) atoms. The minimum atomic E-state index is -0.347. The molecule has 0 unspecified atom stereocenters. The Morgan fingerprint density at radius 2 is 2.26 bits per heavy atom. The van der Waals surface area contributed by atoms with Crippen molar-refractivity contribution < 1.29 is 5.11 Å². The van der Waals surface area contributed by atoms with Crippen LogP contribution in [-0.4, -0.2) is 33.0 Å². The molecule has 4 N–H and O–H groups in total. The number of aliphatic hydroxyl groups is 1. The smallest absolute Gasteiger partial charge is 0.191 e. The normalized spacial score (nSPS) is 22.7. The van der Waals surface area contributed by atoms with Gasteiger partial charge in [0.05, 0.1) is 12.1 Å². The first kappa shape index (κ1) is 14.7. The molecule has 7 heteroatoms. The minimum Gasteiger partial charge on any atom is -0.393 e. The lowest BCUT2D eigenvalue weighted by Crippen LogP contribution is -2.29. The molecule has 1 aromatic rings. The number of aliphatic hydroxyl groups excluding tert-OH is 1. The van der Waals surface area contributed by atoms with Gasteiger partial charge in [0.25, 0.3) is 0 Å². The third-order valence-electron chi connectivity index (χ3n) is 3.12. The van der Waals surface area contributed by atoms with Gasteiger partial charge in [0.2, 0.25) is 0 Å². The van der Waals surface area contributed by atoms with Gasteiger partial charge in [0.1, 0.15) is 5.69 Å². The predicted molar refractivity (Wildman–Crippen MR) is 79.7 cm³/mol. The molecule has 1 aliphatic carbocycles. The third kappa shape index (κ3) is 3.64. The van der Waals surface area contributed by atoms with Gasteiger partial charge in [0.15, 0.2) is 16.1 Å². The third-order valence-corrected chi connectivity index (χ3v) is 4.46. The molecule has 0 spiro atoms. The van der Waals surface area contributed by atoms with Crippen LogP contribution >= 0.6 is 23.4 Å². The number of aromatic nitrogens is 2. The van der Waals surface area contributed by atoms with E-state index in [1.807, 2.05) is 0 Å². The average molecular weight is 303 g/mol. The fraction of sp³-hybridized carbons (Fsp3) is 0.667. The molecule has 106 valence electrons. The molecule has 0 aromatic carbocycles. The Morgan fingerprint density at radius 1 is 1.47 bits per heavy atom. The highest BCUT2D eigenvalue weighted by Gasteiger charge is 2.26. The van der Waals surface area contributed by atoms with Gasteiger partial charge in [-0.1, -0.05) is 30.3 Å². The summed E-state index contributed by atoms with van der Waals surface area (Å²) in [6, 6.07) is -0.00251. The SMILES string of the molecule is CCCSc1nc(Cl)c(N)c(N[C@@H]2CCC[C@H]2O)n1. The van der Waals surface area contributed by atoms with Gasteiger partial charge in [-0.05, 0) is 25.7 Å². The molecular weight excluding hydrogens is 284 g/mol. The lowest BCUT2D eigenvalue weighted by molar-refractivity contribution is 0.171. The molecule has 0 bridgehead atoms. The van der Waals surface area contributed by atoms with Crippen LogP contribution in [0.1, 0.15) is 32.6 Å². The zero-order chi connectivity index (χ0) is 13.8. The number of anilines is 2. The van der Waals surface area contributed by atoms with Crippen molar-refractivity contribution >= 4 is 34.9 Å². The maximum absolute atomic E-state index is 9.84. The van der Waals surface area contributed by atoms with Gasteiger partial charge in [-0.3, -0.25) is 0 Å². The minimum absolute atomic E-state index is 0.00251. The van der Waals surface area contributed by atoms with E-state index < -0.39 is 0 Å². The number of halogens is 1. The number of nitrogens with two attached hydrogens (primary N) is 1. The summed E-state index contributed by atoms with van der Waals surface area (Å²) in [4.78, 5) is 8.54. The predicted octanol–water partition coefficient (Wildman–Crippen LogP) is 2.54. The molecule has 1 fully saturated rings. The molecule has 1 aromatic heterocycles. The summed E-state index contributed by atoms with van der Waals surface area (Å²) in [7, 11) is 0. The highest BCUT2D eigenvalue weighted by Crippen LogP contribution is 2.30. The van der Waals surface area contributed by atoms with Crippen LogP contribution in [0, 0.1) is 0 Å². The Bertz CT molecular complexity index is 446. The van der Waals surface area contributed by atoms with E-state index in [1.54, 1.807) is 11.8 Å². The second-order valence-corrected chi connectivity index (χ2v) is 6.08. The molecule has 0 radical (unpaired) electrons. The van der Waals surface area contributed by atoms with Crippen molar-refractivity contribution in [3.8, 4) is 0 Å². The summed E-state index contributed by atoms with van der Waals surface area (Å²) in [5.74, 6) is 1.47. The van der Waals surface area contributed by atoms with Crippen LogP contribution in [0.5, 0.6) is 0 Å². The molecular formula is C12H19ClN4OS. The number of nitrogen functional groups attached to an aromatic ring is 1. The average Bonchev–Trinajstić information content (AvgIpc) is 2.78. The van der Waals surface area contributed by atoms with E-state index in [1.165, 1.54) is 0 Å². The summed E-state index contributed by atoms with van der Waals surface area (Å²) in [6.45, 7) is 2.10. The summed E-state index contributed by atoms with van der Waals surface area (Å²) in [5.41, 5.74) is 6.24. The number of nitrogens with zero attached hydrogens (tertiary/aromatic N) is 2. The van der Waals surface area contributed by atoms with Crippen molar-refractivity contribution in [2.45, 2.75) is 49.9 Å². The fourth-order valence-corrected chi connectivity index (χ4v) is 2.99. The van der Waals surface area contributed by atoms with Crippen LogP contribution < -0.4 is 11.1 Å².